The number of fused-ring (bicyclic) bond motifs is 1. The average Bonchev–Trinajstić information content (AvgIpc) is 2.76. The Morgan fingerprint density at radius 1 is 1.13 bits per heavy atom. The Morgan fingerprint density at radius 3 is 2.53 bits per heavy atom. The van der Waals surface area contributed by atoms with Gasteiger partial charge in [0.05, 0.1) is 11.1 Å². The quantitative estimate of drug-likeness (QED) is 0.459. The Balaban J connectivity index is 1.79. The molecule has 1 heterocycles. The van der Waals surface area contributed by atoms with Gasteiger partial charge in [-0.15, -0.1) is 0 Å². The molecule has 4 nitrogen and oxygen atoms in total. The summed E-state index contributed by atoms with van der Waals surface area (Å²) in [7, 11) is 0. The van der Waals surface area contributed by atoms with Crippen LogP contribution in [0.15, 0.2) is 64.5 Å². The van der Waals surface area contributed by atoms with Crippen LogP contribution in [-0.4, -0.2) is 42.0 Å². The van der Waals surface area contributed by atoms with Gasteiger partial charge in [-0.3, -0.25) is 4.79 Å². The number of benzene rings is 2. The maximum atomic E-state index is 13.1. The first-order chi connectivity index (χ1) is 14.5. The van der Waals surface area contributed by atoms with Crippen LogP contribution in [0.4, 0.5) is 0 Å². The van der Waals surface area contributed by atoms with E-state index in [1.807, 2.05) is 54.6 Å². The molecule has 3 aromatic rings. The Morgan fingerprint density at radius 2 is 1.83 bits per heavy atom. The van der Waals surface area contributed by atoms with Crippen molar-refractivity contribution in [2.45, 2.75) is 30.7 Å². The van der Waals surface area contributed by atoms with Gasteiger partial charge in [0.15, 0.2) is 0 Å². The molecule has 0 bridgehead atoms. The Bertz CT molecular complexity index is 989. The first kappa shape index (κ1) is 22.6. The highest BCUT2D eigenvalue weighted by Gasteiger charge is 2.15. The van der Waals surface area contributed by atoms with Gasteiger partial charge in [-0.05, 0) is 55.4 Å². The Hall–Kier alpha value is -2.08. The highest BCUT2D eigenvalue weighted by atomic mass is 35.5. The van der Waals surface area contributed by atoms with Crippen molar-refractivity contribution in [3.05, 3.63) is 65.2 Å². The molecule has 0 radical (unpaired) electrons. The molecular formula is C24H28ClN3OS. The molecule has 0 unspecified atom stereocenters. The number of carbonyl (C=O) groups is 1. The molecule has 1 amide bonds. The van der Waals surface area contributed by atoms with Crippen LogP contribution < -0.4 is 5.32 Å². The minimum absolute atomic E-state index is 0.0575. The summed E-state index contributed by atoms with van der Waals surface area (Å²) in [5.41, 5.74) is 1.48. The number of pyridine rings is 1. The number of hydrogen-bond donors (Lipinski definition) is 1. The first-order valence-corrected chi connectivity index (χ1v) is 11.5. The number of aromatic nitrogens is 1. The van der Waals surface area contributed by atoms with Gasteiger partial charge >= 0.3 is 0 Å². The summed E-state index contributed by atoms with van der Waals surface area (Å²) in [6.07, 6.45) is 0. The van der Waals surface area contributed by atoms with Crippen molar-refractivity contribution < 1.29 is 4.79 Å². The normalized spacial score (nSPS) is 12.3. The third kappa shape index (κ3) is 5.97. The van der Waals surface area contributed by atoms with Crippen molar-refractivity contribution >= 4 is 40.2 Å². The number of amides is 1. The molecule has 0 saturated carbocycles. The van der Waals surface area contributed by atoms with Crippen LogP contribution in [0.25, 0.3) is 10.9 Å². The summed E-state index contributed by atoms with van der Waals surface area (Å²) in [4.78, 5) is 21.2. The fourth-order valence-electron chi connectivity index (χ4n) is 3.36. The van der Waals surface area contributed by atoms with E-state index in [-0.39, 0.29) is 5.91 Å². The summed E-state index contributed by atoms with van der Waals surface area (Å²) >= 11 is 7.51. The SMILES string of the molecule is CCN(CC)C[C@H](C)CNC(=O)c1cc(Sc2ccc(Cl)cc2)nc2ccccc12. The zero-order chi connectivity index (χ0) is 21.5. The molecule has 0 fully saturated rings. The molecule has 0 aliphatic heterocycles. The van der Waals surface area contributed by atoms with Gasteiger partial charge in [0.2, 0.25) is 0 Å². The van der Waals surface area contributed by atoms with Gasteiger partial charge in [0.1, 0.15) is 5.03 Å². The van der Waals surface area contributed by atoms with Gasteiger partial charge in [-0.25, -0.2) is 4.98 Å². The molecule has 158 valence electrons. The molecule has 1 atom stereocenters. The maximum absolute atomic E-state index is 13.1. The molecule has 0 aliphatic rings. The van der Waals surface area contributed by atoms with Crippen molar-refractivity contribution in [1.82, 2.24) is 15.2 Å². The van der Waals surface area contributed by atoms with E-state index in [9.17, 15) is 4.79 Å². The molecule has 6 heteroatoms. The topological polar surface area (TPSA) is 45.2 Å². The van der Waals surface area contributed by atoms with Crippen molar-refractivity contribution in [3.8, 4) is 0 Å². The third-order valence-electron chi connectivity index (χ3n) is 5.05. The standard InChI is InChI=1S/C24H28ClN3OS/c1-4-28(5-2)16-17(3)15-26-24(29)21-14-23(27-22-9-7-6-8-20(21)22)30-19-12-10-18(25)11-13-19/h6-14,17H,4-5,15-16H2,1-3H3,(H,26,29)/t17-/m1/s1. The van der Waals surface area contributed by atoms with E-state index in [4.69, 9.17) is 16.6 Å². The summed E-state index contributed by atoms with van der Waals surface area (Å²) in [5.74, 6) is 0.322. The largest absolute Gasteiger partial charge is 0.352 e. The fraction of sp³-hybridized carbons (Fsp3) is 0.333. The molecule has 1 N–H and O–H groups in total. The highest BCUT2D eigenvalue weighted by molar-refractivity contribution is 7.99. The zero-order valence-corrected chi connectivity index (χ0v) is 19.3. The fourth-order valence-corrected chi connectivity index (χ4v) is 4.32. The van der Waals surface area contributed by atoms with E-state index in [0.29, 0.717) is 23.0 Å². The van der Waals surface area contributed by atoms with Crippen LogP contribution in [-0.2, 0) is 0 Å². The number of para-hydroxylation sites is 1. The Labute approximate surface area is 188 Å². The Kier molecular flexibility index (Phi) is 8.14. The van der Waals surface area contributed by atoms with Crippen molar-refractivity contribution in [2.24, 2.45) is 5.92 Å². The number of nitrogens with one attached hydrogen (secondary N) is 1. The second-order valence-electron chi connectivity index (χ2n) is 7.38. The summed E-state index contributed by atoms with van der Waals surface area (Å²) in [6, 6.07) is 17.3. The van der Waals surface area contributed by atoms with Gasteiger partial charge in [-0.2, -0.15) is 0 Å². The van der Waals surface area contributed by atoms with E-state index < -0.39 is 0 Å². The van der Waals surface area contributed by atoms with Gasteiger partial charge in [-0.1, -0.05) is 62.3 Å². The van der Waals surface area contributed by atoms with Gasteiger partial charge in [0.25, 0.3) is 5.91 Å². The highest BCUT2D eigenvalue weighted by Crippen LogP contribution is 2.30. The molecule has 1 aromatic heterocycles. The van der Waals surface area contributed by atoms with E-state index in [2.05, 4.69) is 31.0 Å². The minimum Gasteiger partial charge on any atom is -0.352 e. The molecule has 2 aromatic carbocycles. The van der Waals surface area contributed by atoms with Crippen LogP contribution in [0.1, 0.15) is 31.1 Å². The second kappa shape index (κ2) is 10.8. The molecule has 0 spiro atoms. The lowest BCUT2D eigenvalue weighted by molar-refractivity contribution is 0.0946. The number of halogens is 1. The predicted octanol–water partition coefficient (Wildman–Crippen LogP) is 5.75. The lowest BCUT2D eigenvalue weighted by Gasteiger charge is -2.23. The van der Waals surface area contributed by atoms with Gasteiger partial charge in [0, 0.05) is 28.4 Å². The minimum atomic E-state index is -0.0575. The smallest absolute Gasteiger partial charge is 0.252 e. The number of nitrogens with zero attached hydrogens (tertiary/aromatic N) is 2. The van der Waals surface area contributed by atoms with Crippen molar-refractivity contribution in [3.63, 3.8) is 0 Å². The lowest BCUT2D eigenvalue weighted by Crippen LogP contribution is -2.35. The van der Waals surface area contributed by atoms with E-state index >= 15 is 0 Å². The summed E-state index contributed by atoms with van der Waals surface area (Å²) in [6.45, 7) is 10.2. The lowest BCUT2D eigenvalue weighted by atomic mass is 10.1. The van der Waals surface area contributed by atoms with Crippen LogP contribution >= 0.6 is 23.4 Å². The number of hydrogen-bond acceptors (Lipinski definition) is 4. The third-order valence-corrected chi connectivity index (χ3v) is 6.23. The van der Waals surface area contributed by atoms with Crippen LogP contribution in [0.2, 0.25) is 5.02 Å². The predicted molar refractivity (Wildman–Crippen MR) is 127 cm³/mol. The number of carbonyl (C=O) groups excluding carboxylic acids is 1. The first-order valence-electron chi connectivity index (χ1n) is 10.3. The molecule has 30 heavy (non-hydrogen) atoms. The summed E-state index contributed by atoms with van der Waals surface area (Å²) in [5, 5.41) is 5.48. The monoisotopic (exact) mass is 441 g/mol. The van der Waals surface area contributed by atoms with Gasteiger partial charge < -0.3 is 10.2 Å². The van der Waals surface area contributed by atoms with Crippen LogP contribution in [0.3, 0.4) is 0 Å². The molecular weight excluding hydrogens is 414 g/mol. The van der Waals surface area contributed by atoms with E-state index in [1.54, 1.807) is 0 Å². The second-order valence-corrected chi connectivity index (χ2v) is 8.91. The molecule has 0 saturated heterocycles. The van der Waals surface area contributed by atoms with E-state index in [0.717, 1.165) is 40.5 Å². The molecule has 3 rings (SSSR count). The molecule has 0 aliphatic carbocycles. The zero-order valence-electron chi connectivity index (χ0n) is 17.7. The maximum Gasteiger partial charge on any atom is 0.252 e. The van der Waals surface area contributed by atoms with Crippen LogP contribution in [0, 0.1) is 5.92 Å². The van der Waals surface area contributed by atoms with E-state index in [1.165, 1.54) is 11.8 Å². The summed E-state index contributed by atoms with van der Waals surface area (Å²) < 4.78 is 0. The van der Waals surface area contributed by atoms with Crippen molar-refractivity contribution in [1.29, 1.82) is 0 Å². The number of rotatable bonds is 9. The average molecular weight is 442 g/mol. The van der Waals surface area contributed by atoms with Crippen molar-refractivity contribution in [2.75, 3.05) is 26.2 Å². The van der Waals surface area contributed by atoms with Crippen LogP contribution in [0.5, 0.6) is 0 Å².